The molecule has 26 heavy (non-hydrogen) atoms. The molecule has 138 valence electrons. The van der Waals surface area contributed by atoms with Crippen LogP contribution in [0.2, 0.25) is 0 Å². The van der Waals surface area contributed by atoms with Crippen LogP contribution in [-0.4, -0.2) is 24.6 Å². The van der Waals surface area contributed by atoms with E-state index >= 15 is 0 Å². The van der Waals surface area contributed by atoms with Crippen LogP contribution in [0.25, 0.3) is 11.2 Å². The van der Waals surface area contributed by atoms with Crippen LogP contribution in [0.3, 0.4) is 0 Å². The first kappa shape index (κ1) is 18.1. The maximum atomic E-state index is 12.7. The molecule has 0 bridgehead atoms. The minimum atomic E-state index is -0.562. The van der Waals surface area contributed by atoms with E-state index < -0.39 is 11.2 Å². The normalized spacial score (nSPS) is 12.7. The van der Waals surface area contributed by atoms with Gasteiger partial charge in [-0.05, 0) is 17.4 Å². The Kier molecular flexibility index (Phi) is 4.82. The van der Waals surface area contributed by atoms with Gasteiger partial charge in [0.25, 0.3) is 5.56 Å². The molecule has 0 aliphatic heterocycles. The second-order valence-corrected chi connectivity index (χ2v) is 7.54. The molecule has 3 aromatic heterocycles. The number of nitrogens with zero attached hydrogens (tertiary/aromatic N) is 4. The van der Waals surface area contributed by atoms with Crippen molar-refractivity contribution in [2.24, 2.45) is 20.0 Å². The smallest absolute Gasteiger partial charge is 0.332 e. The molecule has 0 spiro atoms. The van der Waals surface area contributed by atoms with Crippen LogP contribution < -0.4 is 16.6 Å². The van der Waals surface area contributed by atoms with Gasteiger partial charge < -0.3 is 9.88 Å². The number of amides is 1. The number of aryl methyl sites for hydroxylation is 2. The van der Waals surface area contributed by atoms with Crippen LogP contribution in [0.1, 0.15) is 24.8 Å². The summed E-state index contributed by atoms with van der Waals surface area (Å²) in [6.07, 6.45) is 1.47. The Labute approximate surface area is 153 Å². The average Bonchev–Trinajstić information content (AvgIpc) is 3.24. The molecule has 9 heteroatoms. The van der Waals surface area contributed by atoms with Crippen LogP contribution in [0, 0.1) is 5.92 Å². The summed E-state index contributed by atoms with van der Waals surface area (Å²) >= 11 is 1.56. The Hall–Kier alpha value is -2.68. The van der Waals surface area contributed by atoms with Gasteiger partial charge in [-0.3, -0.25) is 14.2 Å². The number of rotatable bonds is 5. The van der Waals surface area contributed by atoms with E-state index in [2.05, 4.69) is 10.3 Å². The third-order valence-electron chi connectivity index (χ3n) is 4.34. The molecule has 1 atom stereocenters. The van der Waals surface area contributed by atoms with E-state index in [0.717, 1.165) is 9.44 Å². The molecular weight excluding hydrogens is 354 g/mol. The van der Waals surface area contributed by atoms with Crippen molar-refractivity contribution in [3.8, 4) is 0 Å². The van der Waals surface area contributed by atoms with Crippen LogP contribution in [0.15, 0.2) is 33.4 Å². The SMILES string of the molecule is CC(C)C(NC(=O)Cn1c(=O)c2c(ncn2C)n(C)c1=O)c1cccs1. The highest BCUT2D eigenvalue weighted by Gasteiger charge is 2.21. The molecule has 0 fully saturated rings. The summed E-state index contributed by atoms with van der Waals surface area (Å²) in [6.45, 7) is 3.69. The molecule has 1 unspecified atom stereocenters. The van der Waals surface area contributed by atoms with E-state index in [1.165, 1.54) is 17.9 Å². The van der Waals surface area contributed by atoms with Crippen molar-refractivity contribution in [2.45, 2.75) is 26.4 Å². The maximum Gasteiger partial charge on any atom is 0.332 e. The van der Waals surface area contributed by atoms with E-state index in [4.69, 9.17) is 0 Å². The molecule has 8 nitrogen and oxygen atoms in total. The molecule has 0 aromatic carbocycles. The second-order valence-electron chi connectivity index (χ2n) is 6.57. The monoisotopic (exact) mass is 375 g/mol. The van der Waals surface area contributed by atoms with Gasteiger partial charge in [0.05, 0.1) is 12.4 Å². The van der Waals surface area contributed by atoms with Crippen molar-refractivity contribution >= 4 is 28.4 Å². The zero-order valence-corrected chi connectivity index (χ0v) is 15.9. The average molecular weight is 375 g/mol. The lowest BCUT2D eigenvalue weighted by atomic mass is 10.0. The molecule has 1 amide bonds. The number of thiophene rings is 1. The lowest BCUT2D eigenvalue weighted by Gasteiger charge is -2.21. The molecule has 0 aliphatic carbocycles. The number of nitrogens with one attached hydrogen (secondary N) is 1. The zero-order valence-electron chi connectivity index (χ0n) is 15.1. The molecule has 1 N–H and O–H groups in total. The Morgan fingerprint density at radius 1 is 1.31 bits per heavy atom. The second kappa shape index (κ2) is 6.91. The number of carbonyl (C=O) groups excluding carboxylic acids is 1. The topological polar surface area (TPSA) is 90.9 Å². The van der Waals surface area contributed by atoms with E-state index in [1.807, 2.05) is 31.4 Å². The van der Waals surface area contributed by atoms with Gasteiger partial charge in [0, 0.05) is 19.0 Å². The molecule has 3 heterocycles. The minimum absolute atomic E-state index is 0.164. The first-order valence-corrected chi connectivity index (χ1v) is 9.12. The Morgan fingerprint density at radius 2 is 2.04 bits per heavy atom. The third-order valence-corrected chi connectivity index (χ3v) is 5.29. The number of imidazole rings is 1. The molecule has 0 aliphatic rings. The summed E-state index contributed by atoms with van der Waals surface area (Å²) in [5, 5.41) is 4.89. The highest BCUT2D eigenvalue weighted by Crippen LogP contribution is 2.25. The molecular formula is C17H21N5O3S. The van der Waals surface area contributed by atoms with Crippen molar-refractivity contribution < 1.29 is 4.79 Å². The lowest BCUT2D eigenvalue weighted by molar-refractivity contribution is -0.122. The summed E-state index contributed by atoms with van der Waals surface area (Å²) in [7, 11) is 3.21. The minimum Gasteiger partial charge on any atom is -0.347 e. The zero-order chi connectivity index (χ0) is 19.0. The summed E-state index contributed by atoms with van der Waals surface area (Å²) in [6, 6.07) is 3.73. The molecule has 3 rings (SSSR count). The maximum absolute atomic E-state index is 12.7. The van der Waals surface area contributed by atoms with Crippen molar-refractivity contribution in [3.05, 3.63) is 49.6 Å². The Bertz CT molecular complexity index is 1060. The van der Waals surface area contributed by atoms with Gasteiger partial charge in [0.2, 0.25) is 5.91 Å². The van der Waals surface area contributed by atoms with Crippen molar-refractivity contribution in [1.29, 1.82) is 0 Å². The van der Waals surface area contributed by atoms with Crippen molar-refractivity contribution in [3.63, 3.8) is 0 Å². The first-order valence-electron chi connectivity index (χ1n) is 8.25. The molecule has 3 aromatic rings. The number of carbonyl (C=O) groups is 1. The number of hydrogen-bond acceptors (Lipinski definition) is 5. The fraction of sp³-hybridized carbons (Fsp3) is 0.412. The van der Waals surface area contributed by atoms with Gasteiger partial charge in [-0.2, -0.15) is 0 Å². The first-order chi connectivity index (χ1) is 12.3. The number of hydrogen-bond donors (Lipinski definition) is 1. The fourth-order valence-corrected chi connectivity index (χ4v) is 3.88. The lowest BCUT2D eigenvalue weighted by Crippen LogP contribution is -2.44. The van der Waals surface area contributed by atoms with Gasteiger partial charge in [-0.25, -0.2) is 14.3 Å². The molecule has 0 saturated heterocycles. The van der Waals surface area contributed by atoms with Crippen molar-refractivity contribution in [2.75, 3.05) is 0 Å². The summed E-state index contributed by atoms with van der Waals surface area (Å²) in [4.78, 5) is 42.9. The summed E-state index contributed by atoms with van der Waals surface area (Å²) in [5.41, 5.74) is -0.486. The number of fused-ring (bicyclic) bond motifs is 1. The van der Waals surface area contributed by atoms with E-state index in [1.54, 1.807) is 23.0 Å². The van der Waals surface area contributed by atoms with E-state index in [0.29, 0.717) is 11.2 Å². The number of aromatic nitrogens is 4. The fourth-order valence-electron chi connectivity index (χ4n) is 2.93. The van der Waals surface area contributed by atoms with Gasteiger partial charge in [-0.1, -0.05) is 19.9 Å². The van der Waals surface area contributed by atoms with Crippen LogP contribution in [-0.2, 0) is 25.4 Å². The van der Waals surface area contributed by atoms with Crippen LogP contribution >= 0.6 is 11.3 Å². The van der Waals surface area contributed by atoms with Gasteiger partial charge in [0.1, 0.15) is 6.54 Å². The van der Waals surface area contributed by atoms with Crippen LogP contribution in [0.5, 0.6) is 0 Å². The van der Waals surface area contributed by atoms with E-state index in [-0.39, 0.29) is 24.4 Å². The summed E-state index contributed by atoms with van der Waals surface area (Å²) < 4.78 is 3.78. The third kappa shape index (κ3) is 3.10. The van der Waals surface area contributed by atoms with E-state index in [9.17, 15) is 14.4 Å². The molecule has 0 radical (unpaired) electrons. The quantitative estimate of drug-likeness (QED) is 0.720. The predicted molar refractivity (Wildman–Crippen MR) is 100 cm³/mol. The molecule has 0 saturated carbocycles. The van der Waals surface area contributed by atoms with Gasteiger partial charge >= 0.3 is 5.69 Å². The van der Waals surface area contributed by atoms with Gasteiger partial charge in [0.15, 0.2) is 11.2 Å². The Morgan fingerprint density at radius 3 is 2.65 bits per heavy atom. The highest BCUT2D eigenvalue weighted by atomic mass is 32.1. The largest absolute Gasteiger partial charge is 0.347 e. The standard InChI is InChI=1S/C17H21N5O3S/c1-10(2)13(11-6-5-7-26-11)19-12(23)8-22-16(24)14-15(18-9-20(14)3)21(4)17(22)25/h5-7,9-10,13H,8H2,1-4H3,(H,19,23). The van der Waals surface area contributed by atoms with Crippen molar-refractivity contribution in [1.82, 2.24) is 24.0 Å². The Balaban J connectivity index is 1.94. The van der Waals surface area contributed by atoms with Gasteiger partial charge in [-0.15, -0.1) is 11.3 Å². The predicted octanol–water partition coefficient (Wildman–Crippen LogP) is 1.01. The van der Waals surface area contributed by atoms with Crippen LogP contribution in [0.4, 0.5) is 0 Å². The summed E-state index contributed by atoms with van der Waals surface area (Å²) in [5.74, 6) is -0.200. The highest BCUT2D eigenvalue weighted by molar-refractivity contribution is 7.10.